The van der Waals surface area contributed by atoms with Gasteiger partial charge in [0.2, 0.25) is 0 Å². The topological polar surface area (TPSA) is 20.2 Å². The largest absolute Gasteiger partial charge is 0.389 e. The number of aliphatic hydroxyl groups excluding tert-OH is 1. The van der Waals surface area contributed by atoms with Crippen LogP contribution in [-0.2, 0) is 0 Å². The molecule has 1 spiro atoms. The van der Waals surface area contributed by atoms with Crippen molar-refractivity contribution in [2.75, 3.05) is 0 Å². The van der Waals surface area contributed by atoms with Gasteiger partial charge in [-0.05, 0) is 24.7 Å². The van der Waals surface area contributed by atoms with Crippen molar-refractivity contribution in [3.63, 3.8) is 0 Å². The Labute approximate surface area is 74.5 Å². The predicted octanol–water partition coefficient (Wildman–Crippen LogP) is 2.65. The molecule has 68 valence electrons. The lowest BCUT2D eigenvalue weighted by Crippen LogP contribution is -2.17. The van der Waals surface area contributed by atoms with Crippen LogP contribution in [0.25, 0.3) is 0 Å². The summed E-state index contributed by atoms with van der Waals surface area (Å²) in [5.74, 6) is 0. The number of hydrogen-bond donors (Lipinski definition) is 1. The van der Waals surface area contributed by atoms with E-state index in [4.69, 9.17) is 0 Å². The van der Waals surface area contributed by atoms with Gasteiger partial charge in [-0.15, -0.1) is 0 Å². The first-order chi connectivity index (χ1) is 5.81. The summed E-state index contributed by atoms with van der Waals surface area (Å²) in [6.07, 6.45) is 13.2. The molecule has 1 fully saturated rings. The molecular weight excluding hydrogens is 148 g/mol. The third kappa shape index (κ3) is 1.56. The summed E-state index contributed by atoms with van der Waals surface area (Å²) in [4.78, 5) is 0. The molecule has 0 amide bonds. The molecule has 12 heavy (non-hydrogen) atoms. The Bertz CT molecular complexity index is 175. The van der Waals surface area contributed by atoms with E-state index in [1.807, 2.05) is 6.08 Å². The first kappa shape index (κ1) is 8.31. The third-order valence-corrected chi connectivity index (χ3v) is 3.39. The number of aliphatic hydroxyl groups is 1. The number of allylic oxidation sites excluding steroid dienone is 1. The Balaban J connectivity index is 2.04. The molecule has 0 bridgehead atoms. The lowest BCUT2D eigenvalue weighted by molar-refractivity contribution is 0.169. The first-order valence-corrected chi connectivity index (χ1v) is 5.18. The highest BCUT2D eigenvalue weighted by Gasteiger charge is 2.33. The van der Waals surface area contributed by atoms with Crippen molar-refractivity contribution >= 4 is 0 Å². The van der Waals surface area contributed by atoms with Crippen molar-refractivity contribution < 1.29 is 5.11 Å². The average molecular weight is 166 g/mol. The maximum atomic E-state index is 9.45. The molecule has 1 nitrogen and oxygen atoms in total. The smallest absolute Gasteiger partial charge is 0.0729 e. The molecule has 1 heteroatoms. The van der Waals surface area contributed by atoms with Gasteiger partial charge in [0.1, 0.15) is 0 Å². The van der Waals surface area contributed by atoms with Crippen molar-refractivity contribution in [1.29, 1.82) is 0 Å². The van der Waals surface area contributed by atoms with Crippen molar-refractivity contribution in [3.05, 3.63) is 12.2 Å². The van der Waals surface area contributed by atoms with E-state index < -0.39 is 0 Å². The van der Waals surface area contributed by atoms with Crippen molar-refractivity contribution in [3.8, 4) is 0 Å². The molecule has 2 aliphatic carbocycles. The molecule has 0 radical (unpaired) electrons. The fourth-order valence-electron chi connectivity index (χ4n) is 2.67. The van der Waals surface area contributed by atoms with Gasteiger partial charge in [-0.1, -0.05) is 37.8 Å². The average Bonchev–Trinajstić information content (AvgIpc) is 2.30. The second kappa shape index (κ2) is 3.21. The molecule has 2 aliphatic rings. The van der Waals surface area contributed by atoms with Gasteiger partial charge < -0.3 is 5.11 Å². The zero-order chi connectivity index (χ0) is 8.44. The predicted molar refractivity (Wildman–Crippen MR) is 49.9 cm³/mol. The summed E-state index contributed by atoms with van der Waals surface area (Å²) in [6, 6.07) is 0. The van der Waals surface area contributed by atoms with Gasteiger partial charge in [-0.2, -0.15) is 0 Å². The fraction of sp³-hybridized carbons (Fsp3) is 0.818. The summed E-state index contributed by atoms with van der Waals surface area (Å²) in [5, 5.41) is 9.45. The lowest BCUT2D eigenvalue weighted by Gasteiger charge is -2.25. The van der Waals surface area contributed by atoms with Gasteiger partial charge in [-0.25, -0.2) is 0 Å². The highest BCUT2D eigenvalue weighted by Crippen LogP contribution is 2.43. The Morgan fingerprint density at radius 2 is 1.75 bits per heavy atom. The maximum absolute atomic E-state index is 9.45. The van der Waals surface area contributed by atoms with Crippen molar-refractivity contribution in [2.45, 2.75) is 51.0 Å². The maximum Gasteiger partial charge on any atom is 0.0729 e. The molecule has 1 saturated carbocycles. The standard InChI is InChI=1S/C11H18O/c12-10-5-8-11(9-10)6-3-1-2-4-7-11/h5,8,10,12H,1-4,6-7,9H2. The summed E-state index contributed by atoms with van der Waals surface area (Å²) >= 11 is 0. The fourth-order valence-corrected chi connectivity index (χ4v) is 2.67. The van der Waals surface area contributed by atoms with E-state index in [0.717, 1.165) is 6.42 Å². The lowest BCUT2D eigenvalue weighted by atomic mass is 9.80. The molecular formula is C11H18O. The number of hydrogen-bond acceptors (Lipinski definition) is 1. The van der Waals surface area contributed by atoms with Crippen LogP contribution in [0.4, 0.5) is 0 Å². The van der Waals surface area contributed by atoms with Crippen LogP contribution in [-0.4, -0.2) is 11.2 Å². The van der Waals surface area contributed by atoms with Crippen molar-refractivity contribution in [1.82, 2.24) is 0 Å². The molecule has 1 N–H and O–H groups in total. The van der Waals surface area contributed by atoms with Crippen LogP contribution in [0.2, 0.25) is 0 Å². The van der Waals surface area contributed by atoms with E-state index in [9.17, 15) is 5.11 Å². The minimum atomic E-state index is -0.150. The first-order valence-electron chi connectivity index (χ1n) is 5.18. The molecule has 1 atom stereocenters. The van der Waals surface area contributed by atoms with Crippen LogP contribution in [0.1, 0.15) is 44.9 Å². The highest BCUT2D eigenvalue weighted by molar-refractivity contribution is 5.11. The van der Waals surface area contributed by atoms with E-state index in [2.05, 4.69) is 6.08 Å². The monoisotopic (exact) mass is 166 g/mol. The minimum Gasteiger partial charge on any atom is -0.389 e. The molecule has 0 aromatic heterocycles. The van der Waals surface area contributed by atoms with Gasteiger partial charge in [-0.3, -0.25) is 0 Å². The second-order valence-electron chi connectivity index (χ2n) is 4.41. The SMILES string of the molecule is OC1C=CC2(CCCCCC2)C1. The molecule has 1 unspecified atom stereocenters. The van der Waals surface area contributed by atoms with Crippen LogP contribution >= 0.6 is 0 Å². The molecule has 0 aliphatic heterocycles. The summed E-state index contributed by atoms with van der Waals surface area (Å²) < 4.78 is 0. The Hall–Kier alpha value is -0.300. The van der Waals surface area contributed by atoms with Gasteiger partial charge in [0, 0.05) is 0 Å². The third-order valence-electron chi connectivity index (χ3n) is 3.39. The van der Waals surface area contributed by atoms with Crippen LogP contribution < -0.4 is 0 Å². The Kier molecular flexibility index (Phi) is 2.22. The van der Waals surface area contributed by atoms with Gasteiger partial charge in [0.05, 0.1) is 6.10 Å². The van der Waals surface area contributed by atoms with Gasteiger partial charge >= 0.3 is 0 Å². The summed E-state index contributed by atoms with van der Waals surface area (Å²) in [6.45, 7) is 0. The molecule has 0 heterocycles. The molecule has 0 aromatic rings. The van der Waals surface area contributed by atoms with Gasteiger partial charge in [0.25, 0.3) is 0 Å². The van der Waals surface area contributed by atoms with Crippen LogP contribution in [0.15, 0.2) is 12.2 Å². The molecule has 0 aromatic carbocycles. The minimum absolute atomic E-state index is 0.150. The van der Waals surface area contributed by atoms with Crippen molar-refractivity contribution in [2.24, 2.45) is 5.41 Å². The molecule has 2 rings (SSSR count). The zero-order valence-electron chi connectivity index (χ0n) is 7.63. The summed E-state index contributed by atoms with van der Waals surface area (Å²) in [5.41, 5.74) is 0.399. The Morgan fingerprint density at radius 3 is 2.25 bits per heavy atom. The van der Waals surface area contributed by atoms with E-state index in [0.29, 0.717) is 5.41 Å². The second-order valence-corrected chi connectivity index (χ2v) is 4.41. The van der Waals surface area contributed by atoms with E-state index in [1.165, 1.54) is 38.5 Å². The summed E-state index contributed by atoms with van der Waals surface area (Å²) in [7, 11) is 0. The van der Waals surface area contributed by atoms with E-state index >= 15 is 0 Å². The zero-order valence-corrected chi connectivity index (χ0v) is 7.63. The Morgan fingerprint density at radius 1 is 1.08 bits per heavy atom. The van der Waals surface area contributed by atoms with E-state index in [-0.39, 0.29) is 6.10 Å². The van der Waals surface area contributed by atoms with E-state index in [1.54, 1.807) is 0 Å². The van der Waals surface area contributed by atoms with Crippen LogP contribution in [0, 0.1) is 5.41 Å². The highest BCUT2D eigenvalue weighted by atomic mass is 16.3. The van der Waals surface area contributed by atoms with Crippen LogP contribution in [0.3, 0.4) is 0 Å². The quantitative estimate of drug-likeness (QED) is 0.548. The molecule has 0 saturated heterocycles. The normalized spacial score (nSPS) is 33.9. The number of rotatable bonds is 0. The van der Waals surface area contributed by atoms with Crippen LogP contribution in [0.5, 0.6) is 0 Å². The van der Waals surface area contributed by atoms with Gasteiger partial charge in [0.15, 0.2) is 0 Å².